The molecule has 1 aromatic rings. The number of carbonyl (C=O) groups excluding carboxylic acids is 1. The normalized spacial score (nSPS) is 17.3. The summed E-state index contributed by atoms with van der Waals surface area (Å²) in [5.74, 6) is 1.32. The monoisotopic (exact) mass is 294 g/mol. The van der Waals surface area contributed by atoms with Gasteiger partial charge in [0.1, 0.15) is 0 Å². The quantitative estimate of drug-likeness (QED) is 0.609. The predicted molar refractivity (Wildman–Crippen MR) is 78.0 cm³/mol. The van der Waals surface area contributed by atoms with Gasteiger partial charge < -0.3 is 9.05 Å². The molecule has 0 atom stereocenters. The lowest BCUT2D eigenvalue weighted by molar-refractivity contribution is 0.102. The average Bonchev–Trinajstić information content (AvgIpc) is 2.43. The fraction of sp³-hybridized carbons (Fsp3) is 0.400. The van der Waals surface area contributed by atoms with Crippen molar-refractivity contribution in [1.29, 1.82) is 0 Å². The van der Waals surface area contributed by atoms with Crippen molar-refractivity contribution in [3.63, 3.8) is 0 Å². The Balaban J connectivity index is 2.32. The first kappa shape index (κ1) is 15.2. The number of rotatable bonds is 5. The molecule has 0 spiro atoms. The fourth-order valence-corrected chi connectivity index (χ4v) is 3.87. The van der Waals surface area contributed by atoms with Gasteiger partial charge in [-0.3, -0.25) is 9.36 Å². The maximum atomic E-state index is 12.5. The Labute approximate surface area is 119 Å². The maximum Gasteiger partial charge on any atom is 0.354 e. The minimum atomic E-state index is -3.32. The Morgan fingerprint density at radius 2 is 1.80 bits per heavy atom. The van der Waals surface area contributed by atoms with Crippen LogP contribution in [0, 0.1) is 0 Å². The lowest BCUT2D eigenvalue weighted by Gasteiger charge is -2.19. The SMILES string of the molecule is CCOP(=O)(/C=C1\CCc2ccccc2C1=O)OCC. The maximum absolute atomic E-state index is 12.5. The molecule has 0 N–H and O–H groups in total. The summed E-state index contributed by atoms with van der Waals surface area (Å²) in [6, 6.07) is 7.52. The Kier molecular flexibility index (Phi) is 4.92. The molecule has 0 heterocycles. The molecule has 0 fully saturated rings. The minimum absolute atomic E-state index is 0.0773. The molecule has 0 radical (unpaired) electrons. The first-order chi connectivity index (χ1) is 9.59. The number of hydrogen-bond donors (Lipinski definition) is 0. The van der Waals surface area contributed by atoms with E-state index in [1.54, 1.807) is 19.9 Å². The van der Waals surface area contributed by atoms with Gasteiger partial charge in [-0.15, -0.1) is 0 Å². The van der Waals surface area contributed by atoms with Gasteiger partial charge in [-0.2, -0.15) is 0 Å². The predicted octanol–water partition coefficient (Wildman–Crippen LogP) is 3.97. The van der Waals surface area contributed by atoms with E-state index in [9.17, 15) is 9.36 Å². The number of Topliss-reactive ketones (excluding diaryl/α,β-unsaturated/α-hetero) is 1. The summed E-state index contributed by atoms with van der Waals surface area (Å²) in [4.78, 5) is 12.4. The number of hydrogen-bond acceptors (Lipinski definition) is 4. The molecule has 0 amide bonds. The van der Waals surface area contributed by atoms with Crippen LogP contribution in [0.25, 0.3) is 0 Å². The largest absolute Gasteiger partial charge is 0.354 e. The molecule has 108 valence electrons. The number of allylic oxidation sites excluding steroid dienone is 1. The van der Waals surface area contributed by atoms with Crippen LogP contribution in [0.3, 0.4) is 0 Å². The van der Waals surface area contributed by atoms with E-state index in [0.29, 0.717) is 17.6 Å². The van der Waals surface area contributed by atoms with Crippen LogP contribution in [-0.4, -0.2) is 19.0 Å². The number of carbonyl (C=O) groups is 1. The zero-order valence-corrected chi connectivity index (χ0v) is 12.7. The Morgan fingerprint density at radius 3 is 2.45 bits per heavy atom. The van der Waals surface area contributed by atoms with E-state index in [4.69, 9.17) is 9.05 Å². The van der Waals surface area contributed by atoms with Crippen molar-refractivity contribution >= 4 is 13.4 Å². The van der Waals surface area contributed by atoms with Crippen molar-refractivity contribution in [3.8, 4) is 0 Å². The Bertz CT molecular complexity index is 567. The molecule has 0 unspecified atom stereocenters. The highest BCUT2D eigenvalue weighted by Crippen LogP contribution is 2.51. The zero-order valence-electron chi connectivity index (χ0n) is 11.8. The van der Waals surface area contributed by atoms with Crippen LogP contribution in [0.4, 0.5) is 0 Å². The highest BCUT2D eigenvalue weighted by molar-refractivity contribution is 7.57. The molecule has 1 aromatic carbocycles. The third kappa shape index (κ3) is 3.26. The van der Waals surface area contributed by atoms with E-state index >= 15 is 0 Å². The second-order valence-electron chi connectivity index (χ2n) is 4.52. The van der Waals surface area contributed by atoms with Crippen LogP contribution in [0.1, 0.15) is 36.2 Å². The van der Waals surface area contributed by atoms with Gasteiger partial charge in [0.2, 0.25) is 0 Å². The highest BCUT2D eigenvalue weighted by atomic mass is 31.2. The van der Waals surface area contributed by atoms with Crippen LogP contribution in [0.2, 0.25) is 0 Å². The summed E-state index contributed by atoms with van der Waals surface area (Å²) in [6.07, 6.45) is 1.34. The molecule has 0 bridgehead atoms. The first-order valence-corrected chi connectivity index (χ1v) is 8.44. The Hall–Kier alpha value is -1.22. The molecule has 0 aliphatic heterocycles. The van der Waals surface area contributed by atoms with E-state index in [-0.39, 0.29) is 19.0 Å². The summed E-state index contributed by atoms with van der Waals surface area (Å²) in [5, 5.41) is 0. The standard InChI is InChI=1S/C15H19O4P/c1-3-18-20(17,19-4-2)11-13-10-9-12-7-5-6-8-14(12)15(13)16/h5-8,11H,3-4,9-10H2,1-2H3/b13-11+. The lowest BCUT2D eigenvalue weighted by atomic mass is 9.88. The molecule has 1 aliphatic rings. The van der Waals surface area contributed by atoms with E-state index in [1.807, 2.05) is 18.2 Å². The van der Waals surface area contributed by atoms with Crippen molar-refractivity contribution in [2.24, 2.45) is 0 Å². The van der Waals surface area contributed by atoms with Crippen molar-refractivity contribution in [2.75, 3.05) is 13.2 Å². The highest BCUT2D eigenvalue weighted by Gasteiger charge is 2.27. The average molecular weight is 294 g/mol. The van der Waals surface area contributed by atoms with Gasteiger partial charge >= 0.3 is 7.60 Å². The number of aryl methyl sites for hydroxylation is 1. The summed E-state index contributed by atoms with van der Waals surface area (Å²) in [5.41, 5.74) is 2.25. The second kappa shape index (κ2) is 6.49. The van der Waals surface area contributed by atoms with Gasteiger partial charge in [0.15, 0.2) is 5.78 Å². The minimum Gasteiger partial charge on any atom is -0.306 e. The molecular weight excluding hydrogens is 275 g/mol. The fourth-order valence-electron chi connectivity index (χ4n) is 2.30. The zero-order chi connectivity index (χ0) is 14.6. The van der Waals surface area contributed by atoms with Gasteiger partial charge in [-0.05, 0) is 32.3 Å². The van der Waals surface area contributed by atoms with Crippen molar-refractivity contribution in [2.45, 2.75) is 26.7 Å². The van der Waals surface area contributed by atoms with E-state index in [1.165, 1.54) is 5.82 Å². The van der Waals surface area contributed by atoms with Gasteiger partial charge in [-0.1, -0.05) is 24.3 Å². The van der Waals surface area contributed by atoms with Crippen LogP contribution in [0.5, 0.6) is 0 Å². The number of fused-ring (bicyclic) bond motifs is 1. The first-order valence-electron chi connectivity index (χ1n) is 6.82. The molecule has 5 heteroatoms. The van der Waals surface area contributed by atoms with Crippen LogP contribution >= 0.6 is 7.60 Å². The van der Waals surface area contributed by atoms with Gasteiger partial charge in [-0.25, -0.2) is 0 Å². The van der Waals surface area contributed by atoms with Crippen molar-refractivity contribution < 1.29 is 18.4 Å². The molecule has 1 aliphatic carbocycles. The second-order valence-corrected chi connectivity index (χ2v) is 6.37. The smallest absolute Gasteiger partial charge is 0.306 e. The molecule has 0 saturated carbocycles. The van der Waals surface area contributed by atoms with Gasteiger partial charge in [0.25, 0.3) is 0 Å². The third-order valence-electron chi connectivity index (χ3n) is 3.15. The molecule has 0 aromatic heterocycles. The number of benzene rings is 1. The molecule has 2 rings (SSSR count). The Morgan fingerprint density at radius 1 is 1.15 bits per heavy atom. The molecule has 4 nitrogen and oxygen atoms in total. The van der Waals surface area contributed by atoms with Gasteiger partial charge in [0.05, 0.1) is 13.2 Å². The van der Waals surface area contributed by atoms with Crippen molar-refractivity contribution in [3.05, 3.63) is 46.8 Å². The molecule has 0 saturated heterocycles. The number of ketones is 1. The molecule has 20 heavy (non-hydrogen) atoms. The topological polar surface area (TPSA) is 52.6 Å². The van der Waals surface area contributed by atoms with Gasteiger partial charge in [0, 0.05) is 17.0 Å². The summed E-state index contributed by atoms with van der Waals surface area (Å²) in [6.45, 7) is 4.07. The summed E-state index contributed by atoms with van der Waals surface area (Å²) < 4.78 is 22.9. The third-order valence-corrected chi connectivity index (χ3v) is 5.01. The molecular formula is C15H19O4P. The summed E-state index contributed by atoms with van der Waals surface area (Å²) in [7, 11) is -3.32. The van der Waals surface area contributed by atoms with E-state index in [0.717, 1.165) is 12.0 Å². The lowest BCUT2D eigenvalue weighted by Crippen LogP contribution is -2.14. The van der Waals surface area contributed by atoms with E-state index in [2.05, 4.69) is 0 Å². The van der Waals surface area contributed by atoms with E-state index < -0.39 is 7.60 Å². The summed E-state index contributed by atoms with van der Waals surface area (Å²) >= 11 is 0. The van der Waals surface area contributed by atoms with Crippen molar-refractivity contribution in [1.82, 2.24) is 0 Å². The van der Waals surface area contributed by atoms with Crippen LogP contribution in [-0.2, 0) is 20.0 Å². The van der Waals surface area contributed by atoms with Crippen LogP contribution < -0.4 is 0 Å². The van der Waals surface area contributed by atoms with Crippen LogP contribution in [0.15, 0.2) is 35.7 Å².